The van der Waals surface area contributed by atoms with Crippen LogP contribution in [0.2, 0.25) is 0 Å². The molecular formula is C22H25F2N3O2. The van der Waals surface area contributed by atoms with Crippen LogP contribution in [0.3, 0.4) is 0 Å². The normalized spacial score (nSPS) is 14.7. The number of carbonyl (C=O) groups excluding carboxylic acids is 2. The van der Waals surface area contributed by atoms with Crippen molar-refractivity contribution in [3.63, 3.8) is 0 Å². The number of hydrogen-bond donors (Lipinski definition) is 0. The van der Waals surface area contributed by atoms with Gasteiger partial charge < -0.3 is 9.80 Å². The van der Waals surface area contributed by atoms with Crippen molar-refractivity contribution in [3.8, 4) is 0 Å². The highest BCUT2D eigenvalue weighted by atomic mass is 19.1. The standard InChI is InChI=1S/C22H25F2N3O2/c1-16-7-8-17(13-20(16)24)22(29)27-11-9-26(10-12-27)15-21(28)25(2)14-18-5-3-4-6-19(18)23/h3-8,13H,9-12,14-15H2,1-2H3. The van der Waals surface area contributed by atoms with E-state index in [0.29, 0.717) is 42.9 Å². The summed E-state index contributed by atoms with van der Waals surface area (Å²) in [5.41, 5.74) is 1.32. The fourth-order valence-corrected chi connectivity index (χ4v) is 3.30. The fourth-order valence-electron chi connectivity index (χ4n) is 3.30. The lowest BCUT2D eigenvalue weighted by atomic mass is 10.1. The molecule has 1 aliphatic heterocycles. The Morgan fingerprint density at radius 2 is 1.69 bits per heavy atom. The SMILES string of the molecule is Cc1ccc(C(=O)N2CCN(CC(=O)N(C)Cc3ccccc3F)CC2)cc1F. The summed E-state index contributed by atoms with van der Waals surface area (Å²) in [6, 6.07) is 10.9. The molecule has 0 radical (unpaired) electrons. The van der Waals surface area contributed by atoms with Crippen LogP contribution in [-0.2, 0) is 11.3 Å². The highest BCUT2D eigenvalue weighted by molar-refractivity contribution is 5.94. The quantitative estimate of drug-likeness (QED) is 0.774. The Labute approximate surface area is 169 Å². The van der Waals surface area contributed by atoms with Gasteiger partial charge >= 0.3 is 0 Å². The van der Waals surface area contributed by atoms with E-state index in [1.807, 2.05) is 4.90 Å². The highest BCUT2D eigenvalue weighted by Crippen LogP contribution is 2.14. The molecule has 3 rings (SSSR count). The Bertz CT molecular complexity index is 895. The third-order valence-electron chi connectivity index (χ3n) is 5.23. The van der Waals surface area contributed by atoms with E-state index in [4.69, 9.17) is 0 Å². The number of aryl methyl sites for hydroxylation is 1. The molecule has 2 aromatic carbocycles. The van der Waals surface area contributed by atoms with Crippen molar-refractivity contribution in [2.45, 2.75) is 13.5 Å². The van der Waals surface area contributed by atoms with Crippen LogP contribution in [0, 0.1) is 18.6 Å². The first-order valence-electron chi connectivity index (χ1n) is 9.60. The van der Waals surface area contributed by atoms with Crippen LogP contribution >= 0.6 is 0 Å². The van der Waals surface area contributed by atoms with E-state index in [2.05, 4.69) is 0 Å². The largest absolute Gasteiger partial charge is 0.340 e. The molecule has 1 fully saturated rings. The minimum Gasteiger partial charge on any atom is -0.340 e. The topological polar surface area (TPSA) is 43.9 Å². The molecule has 1 aliphatic rings. The van der Waals surface area contributed by atoms with Crippen molar-refractivity contribution < 1.29 is 18.4 Å². The number of piperazine rings is 1. The second-order valence-corrected chi connectivity index (χ2v) is 7.37. The van der Waals surface area contributed by atoms with E-state index in [0.717, 1.165) is 0 Å². The first-order chi connectivity index (χ1) is 13.8. The summed E-state index contributed by atoms with van der Waals surface area (Å²) in [6.07, 6.45) is 0. The zero-order valence-corrected chi connectivity index (χ0v) is 16.7. The molecule has 154 valence electrons. The van der Waals surface area contributed by atoms with Crippen LogP contribution in [0.25, 0.3) is 0 Å². The second-order valence-electron chi connectivity index (χ2n) is 7.37. The number of benzene rings is 2. The van der Waals surface area contributed by atoms with Gasteiger partial charge in [0.2, 0.25) is 5.91 Å². The van der Waals surface area contributed by atoms with Crippen LogP contribution in [0.1, 0.15) is 21.5 Å². The van der Waals surface area contributed by atoms with E-state index >= 15 is 0 Å². The summed E-state index contributed by atoms with van der Waals surface area (Å²) in [5, 5.41) is 0. The third-order valence-corrected chi connectivity index (χ3v) is 5.23. The maximum atomic E-state index is 13.8. The van der Waals surface area contributed by atoms with Crippen LogP contribution in [0.5, 0.6) is 0 Å². The monoisotopic (exact) mass is 401 g/mol. The number of hydrogen-bond acceptors (Lipinski definition) is 3. The average molecular weight is 401 g/mol. The van der Waals surface area contributed by atoms with Crippen molar-refractivity contribution in [2.75, 3.05) is 39.8 Å². The van der Waals surface area contributed by atoms with Crippen LogP contribution in [0.15, 0.2) is 42.5 Å². The number of amides is 2. The Morgan fingerprint density at radius 3 is 2.34 bits per heavy atom. The lowest BCUT2D eigenvalue weighted by Gasteiger charge is -2.35. The molecule has 2 amide bonds. The molecule has 0 bridgehead atoms. The Balaban J connectivity index is 1.50. The highest BCUT2D eigenvalue weighted by Gasteiger charge is 2.24. The van der Waals surface area contributed by atoms with Crippen molar-refractivity contribution in [1.82, 2.24) is 14.7 Å². The van der Waals surface area contributed by atoms with Crippen molar-refractivity contribution in [1.29, 1.82) is 0 Å². The van der Waals surface area contributed by atoms with Crippen LogP contribution in [-0.4, -0.2) is 66.3 Å². The molecule has 1 saturated heterocycles. The maximum absolute atomic E-state index is 13.8. The molecule has 29 heavy (non-hydrogen) atoms. The summed E-state index contributed by atoms with van der Waals surface area (Å²) in [7, 11) is 1.65. The summed E-state index contributed by atoms with van der Waals surface area (Å²) in [4.78, 5) is 30.2. The summed E-state index contributed by atoms with van der Waals surface area (Å²) in [6.45, 7) is 4.13. The second kappa shape index (κ2) is 9.13. The minimum atomic E-state index is -0.391. The van der Waals surface area contributed by atoms with Gasteiger partial charge in [-0.15, -0.1) is 0 Å². The molecule has 0 atom stereocenters. The molecule has 2 aromatic rings. The van der Waals surface area contributed by atoms with Gasteiger partial charge in [-0.25, -0.2) is 8.78 Å². The predicted molar refractivity (Wildman–Crippen MR) is 106 cm³/mol. The van der Waals surface area contributed by atoms with Crippen molar-refractivity contribution >= 4 is 11.8 Å². The van der Waals surface area contributed by atoms with Crippen molar-refractivity contribution in [2.24, 2.45) is 0 Å². The number of likely N-dealkylation sites (N-methyl/N-ethyl adjacent to an activating group) is 1. The van der Waals surface area contributed by atoms with Crippen molar-refractivity contribution in [3.05, 3.63) is 70.8 Å². The van der Waals surface area contributed by atoms with Gasteiger partial charge in [-0.3, -0.25) is 14.5 Å². The van der Waals surface area contributed by atoms with Crippen LogP contribution in [0.4, 0.5) is 8.78 Å². The molecule has 1 heterocycles. The predicted octanol–water partition coefficient (Wildman–Crippen LogP) is 2.69. The Hall–Kier alpha value is -2.80. The van der Waals surface area contributed by atoms with Gasteiger partial charge in [-0.2, -0.15) is 0 Å². The molecule has 0 N–H and O–H groups in total. The molecular weight excluding hydrogens is 376 g/mol. The average Bonchev–Trinajstić information content (AvgIpc) is 2.71. The molecule has 0 saturated carbocycles. The molecule has 0 spiro atoms. The lowest BCUT2D eigenvalue weighted by molar-refractivity contribution is -0.132. The molecule has 0 unspecified atom stereocenters. The Kier molecular flexibility index (Phi) is 6.59. The molecule has 0 aliphatic carbocycles. The first kappa shape index (κ1) is 20.9. The van der Waals surface area contributed by atoms with Gasteiger partial charge in [0.15, 0.2) is 0 Å². The number of halogens is 2. The smallest absolute Gasteiger partial charge is 0.254 e. The van der Waals surface area contributed by atoms with Gasteiger partial charge in [-0.1, -0.05) is 24.3 Å². The van der Waals surface area contributed by atoms with E-state index in [1.165, 1.54) is 17.0 Å². The first-order valence-corrected chi connectivity index (χ1v) is 9.60. The molecule has 7 heteroatoms. The number of rotatable bonds is 5. The van der Waals surface area contributed by atoms with E-state index < -0.39 is 5.82 Å². The summed E-state index contributed by atoms with van der Waals surface area (Å²) >= 11 is 0. The lowest BCUT2D eigenvalue weighted by Crippen LogP contribution is -2.51. The zero-order valence-electron chi connectivity index (χ0n) is 16.7. The van der Waals surface area contributed by atoms with Gasteiger partial charge in [-0.05, 0) is 30.7 Å². The van der Waals surface area contributed by atoms with Gasteiger partial charge in [0, 0.05) is 50.9 Å². The fraction of sp³-hybridized carbons (Fsp3) is 0.364. The number of nitrogens with zero attached hydrogens (tertiary/aromatic N) is 3. The minimum absolute atomic E-state index is 0.103. The van der Waals surface area contributed by atoms with Gasteiger partial charge in [0.25, 0.3) is 5.91 Å². The zero-order chi connectivity index (χ0) is 21.0. The molecule has 5 nitrogen and oxygen atoms in total. The third kappa shape index (κ3) is 5.17. The van der Waals surface area contributed by atoms with Gasteiger partial charge in [0.05, 0.1) is 6.54 Å². The number of carbonyl (C=O) groups is 2. The maximum Gasteiger partial charge on any atom is 0.254 e. The Morgan fingerprint density at radius 1 is 1.00 bits per heavy atom. The summed E-state index contributed by atoms with van der Waals surface area (Å²) in [5.74, 6) is -1.02. The van der Waals surface area contributed by atoms with E-state index in [1.54, 1.807) is 49.2 Å². The molecule has 0 aromatic heterocycles. The van der Waals surface area contributed by atoms with E-state index in [9.17, 15) is 18.4 Å². The van der Waals surface area contributed by atoms with Crippen LogP contribution < -0.4 is 0 Å². The van der Waals surface area contributed by atoms with E-state index in [-0.39, 0.29) is 30.7 Å². The van der Waals surface area contributed by atoms with Gasteiger partial charge in [0.1, 0.15) is 11.6 Å². The summed E-state index contributed by atoms with van der Waals surface area (Å²) < 4.78 is 27.5.